The molecule has 1 N–H and O–H groups in total. The highest BCUT2D eigenvalue weighted by Gasteiger charge is 2.23. The van der Waals surface area contributed by atoms with Crippen molar-refractivity contribution in [2.45, 2.75) is 26.7 Å². The normalized spacial score (nSPS) is 15.6. The van der Waals surface area contributed by atoms with E-state index in [0.717, 1.165) is 42.8 Å². The van der Waals surface area contributed by atoms with Crippen molar-refractivity contribution in [3.63, 3.8) is 0 Å². The van der Waals surface area contributed by atoms with E-state index >= 15 is 0 Å². The molecule has 1 fully saturated rings. The molecule has 9 heteroatoms. The van der Waals surface area contributed by atoms with Gasteiger partial charge in [0.05, 0.1) is 23.9 Å². The Morgan fingerprint density at radius 2 is 2.04 bits per heavy atom. The molecule has 4 rings (SSSR count). The molecule has 0 bridgehead atoms. The topological polar surface area (TPSA) is 92.7 Å². The van der Waals surface area contributed by atoms with Crippen LogP contribution in [0.4, 0.5) is 10.2 Å². The summed E-state index contributed by atoms with van der Waals surface area (Å²) in [7, 11) is 0. The van der Waals surface area contributed by atoms with Gasteiger partial charge in [0, 0.05) is 13.1 Å². The molecule has 0 atom stereocenters. The average Bonchev–Trinajstić information content (AvgIpc) is 3.13. The number of rotatable bonds is 4. The van der Waals surface area contributed by atoms with Gasteiger partial charge >= 0.3 is 0 Å². The molecule has 0 spiro atoms. The molecule has 0 radical (unpaired) electrons. The second-order valence-corrected chi connectivity index (χ2v) is 6.55. The van der Waals surface area contributed by atoms with Crippen LogP contribution in [-0.2, 0) is 0 Å². The highest BCUT2D eigenvalue weighted by molar-refractivity contribution is 5.86. The number of aryl methyl sites for hydroxylation is 2. The number of ether oxygens (including phenoxy) is 1. The Bertz CT molecular complexity index is 921. The molecule has 0 unspecified atom stereocenters. The van der Waals surface area contributed by atoms with Crippen LogP contribution in [0.2, 0.25) is 0 Å². The summed E-state index contributed by atoms with van der Waals surface area (Å²) in [5, 5.41) is 7.83. The van der Waals surface area contributed by atoms with Crippen molar-refractivity contribution in [3.05, 3.63) is 29.9 Å². The van der Waals surface area contributed by atoms with Gasteiger partial charge in [-0.25, -0.2) is 15.0 Å². The van der Waals surface area contributed by atoms with Gasteiger partial charge in [0.25, 0.3) is 5.88 Å². The van der Waals surface area contributed by atoms with Crippen LogP contribution in [-0.4, -0.2) is 49.8 Å². The van der Waals surface area contributed by atoms with Crippen LogP contribution in [0.15, 0.2) is 12.5 Å². The minimum atomic E-state index is -0.476. The van der Waals surface area contributed by atoms with E-state index in [2.05, 4.69) is 35.0 Å². The summed E-state index contributed by atoms with van der Waals surface area (Å²) in [5.74, 6) is 1.34. The summed E-state index contributed by atoms with van der Waals surface area (Å²) in [6, 6.07) is 0. The highest BCUT2D eigenvalue weighted by Crippen LogP contribution is 2.27. The van der Waals surface area contributed by atoms with Crippen molar-refractivity contribution in [2.75, 3.05) is 24.6 Å². The van der Waals surface area contributed by atoms with E-state index in [1.54, 1.807) is 26.4 Å². The number of aromatic nitrogens is 6. The smallest absolute Gasteiger partial charge is 0.254 e. The molecule has 26 heavy (non-hydrogen) atoms. The van der Waals surface area contributed by atoms with Gasteiger partial charge in [-0.1, -0.05) is 0 Å². The Kier molecular flexibility index (Phi) is 4.36. The number of fused-ring (bicyclic) bond motifs is 1. The summed E-state index contributed by atoms with van der Waals surface area (Å²) in [6.45, 7) is 5.51. The van der Waals surface area contributed by atoms with Crippen LogP contribution in [0.5, 0.6) is 5.88 Å². The third-order valence-corrected chi connectivity index (χ3v) is 4.70. The van der Waals surface area contributed by atoms with Crippen LogP contribution in [0.3, 0.4) is 0 Å². The van der Waals surface area contributed by atoms with Crippen molar-refractivity contribution in [2.24, 2.45) is 5.92 Å². The van der Waals surface area contributed by atoms with Gasteiger partial charge in [-0.15, -0.1) is 0 Å². The fraction of sp³-hybridized carbons (Fsp3) is 0.471. The largest absolute Gasteiger partial charge is 0.475 e. The second kappa shape index (κ2) is 6.81. The zero-order valence-electron chi connectivity index (χ0n) is 14.7. The molecule has 8 nitrogen and oxygen atoms in total. The zero-order valence-corrected chi connectivity index (χ0v) is 14.7. The van der Waals surface area contributed by atoms with Crippen LogP contribution >= 0.6 is 0 Å². The monoisotopic (exact) mass is 357 g/mol. The van der Waals surface area contributed by atoms with Crippen molar-refractivity contribution in [1.82, 2.24) is 30.1 Å². The number of nitrogens with zero attached hydrogens (tertiary/aromatic N) is 6. The van der Waals surface area contributed by atoms with Crippen molar-refractivity contribution < 1.29 is 9.13 Å². The van der Waals surface area contributed by atoms with Crippen molar-refractivity contribution in [3.8, 4) is 5.88 Å². The summed E-state index contributed by atoms with van der Waals surface area (Å²) >= 11 is 0. The molecule has 3 aromatic heterocycles. The number of hydrogen-bond donors (Lipinski definition) is 1. The number of aromatic amines is 1. The van der Waals surface area contributed by atoms with Gasteiger partial charge in [0.1, 0.15) is 18.0 Å². The van der Waals surface area contributed by atoms with Gasteiger partial charge in [-0.05, 0) is 32.6 Å². The molecule has 0 aliphatic carbocycles. The molecule has 0 aromatic carbocycles. The summed E-state index contributed by atoms with van der Waals surface area (Å²) < 4.78 is 19.7. The first-order valence-electron chi connectivity index (χ1n) is 8.64. The first kappa shape index (κ1) is 16.6. The van der Waals surface area contributed by atoms with Crippen LogP contribution in [0.1, 0.15) is 24.4 Å². The van der Waals surface area contributed by atoms with E-state index in [1.807, 2.05) is 0 Å². The summed E-state index contributed by atoms with van der Waals surface area (Å²) in [5.41, 5.74) is 1.06. The fourth-order valence-corrected chi connectivity index (χ4v) is 3.28. The quantitative estimate of drug-likeness (QED) is 0.765. The molecular formula is C17H20FN7O. The molecular weight excluding hydrogens is 337 g/mol. The Morgan fingerprint density at radius 3 is 2.85 bits per heavy atom. The lowest BCUT2D eigenvalue weighted by Crippen LogP contribution is -2.36. The molecule has 3 aromatic rings. The lowest BCUT2D eigenvalue weighted by Gasteiger charge is -2.32. The van der Waals surface area contributed by atoms with E-state index < -0.39 is 5.82 Å². The Hall–Kier alpha value is -2.84. The predicted molar refractivity (Wildman–Crippen MR) is 93.6 cm³/mol. The molecule has 1 aliphatic heterocycles. The van der Waals surface area contributed by atoms with E-state index in [9.17, 15) is 4.39 Å². The second-order valence-electron chi connectivity index (χ2n) is 6.55. The molecule has 136 valence electrons. The lowest BCUT2D eigenvalue weighted by atomic mass is 9.97. The SMILES string of the molecule is Cc1nc(C)c(F)c(OCC2CCN(c3ncnc4[nH]ncc34)CC2)n1. The zero-order chi connectivity index (χ0) is 18.1. The van der Waals surface area contributed by atoms with E-state index in [-0.39, 0.29) is 5.88 Å². The summed E-state index contributed by atoms with van der Waals surface area (Å²) in [6.07, 6.45) is 5.18. The third kappa shape index (κ3) is 3.16. The lowest BCUT2D eigenvalue weighted by molar-refractivity contribution is 0.206. The van der Waals surface area contributed by atoms with Gasteiger partial charge < -0.3 is 9.64 Å². The van der Waals surface area contributed by atoms with Crippen LogP contribution in [0, 0.1) is 25.6 Å². The predicted octanol–water partition coefficient (Wildman–Crippen LogP) is 2.19. The Balaban J connectivity index is 1.38. The maximum atomic E-state index is 14.1. The maximum Gasteiger partial charge on any atom is 0.254 e. The standard InChI is InChI=1S/C17H20FN7O/c1-10-14(18)17(23-11(2)22-10)26-8-12-3-5-25(6-4-12)16-13-7-21-24-15(13)19-9-20-16/h7,9,12H,3-6,8H2,1-2H3,(H,19,20,21,24). The van der Waals surface area contributed by atoms with Crippen LogP contribution in [0.25, 0.3) is 11.0 Å². The minimum absolute atomic E-state index is 0.0494. The van der Waals surface area contributed by atoms with Crippen molar-refractivity contribution in [1.29, 1.82) is 0 Å². The van der Waals surface area contributed by atoms with Gasteiger partial charge in [0.15, 0.2) is 5.65 Å². The molecule has 1 aliphatic rings. The Morgan fingerprint density at radius 1 is 1.23 bits per heavy atom. The minimum Gasteiger partial charge on any atom is -0.475 e. The van der Waals surface area contributed by atoms with E-state index in [0.29, 0.717) is 24.0 Å². The number of piperidine rings is 1. The maximum absolute atomic E-state index is 14.1. The number of nitrogens with one attached hydrogen (secondary N) is 1. The van der Waals surface area contributed by atoms with Crippen LogP contribution < -0.4 is 9.64 Å². The number of H-pyrrole nitrogens is 1. The third-order valence-electron chi connectivity index (χ3n) is 4.70. The van der Waals surface area contributed by atoms with E-state index in [4.69, 9.17) is 4.74 Å². The van der Waals surface area contributed by atoms with Crippen molar-refractivity contribution >= 4 is 16.9 Å². The summed E-state index contributed by atoms with van der Waals surface area (Å²) in [4.78, 5) is 18.9. The first-order valence-corrected chi connectivity index (χ1v) is 8.64. The first-order chi connectivity index (χ1) is 12.6. The van der Waals surface area contributed by atoms with Gasteiger partial charge in [-0.2, -0.15) is 14.5 Å². The molecule has 4 heterocycles. The fourth-order valence-electron chi connectivity index (χ4n) is 3.28. The molecule has 0 amide bonds. The number of halogens is 1. The highest BCUT2D eigenvalue weighted by atomic mass is 19.1. The molecule has 1 saturated heterocycles. The van der Waals surface area contributed by atoms with Gasteiger partial charge in [0.2, 0.25) is 5.82 Å². The van der Waals surface area contributed by atoms with E-state index in [1.165, 1.54) is 0 Å². The molecule has 0 saturated carbocycles. The van der Waals surface area contributed by atoms with Gasteiger partial charge in [-0.3, -0.25) is 5.10 Å². The number of anilines is 1. The number of hydrogen-bond acceptors (Lipinski definition) is 7. The Labute approximate surface area is 149 Å². The average molecular weight is 357 g/mol.